The van der Waals surface area contributed by atoms with Crippen molar-refractivity contribution in [3.8, 4) is 0 Å². The number of allylic oxidation sites excluding steroid dienone is 1. The quantitative estimate of drug-likeness (QED) is 0.323. The van der Waals surface area contributed by atoms with E-state index in [1.54, 1.807) is 0 Å². The molecule has 0 saturated carbocycles. The summed E-state index contributed by atoms with van der Waals surface area (Å²) in [6.07, 6.45) is 6.55. The number of ether oxygens (including phenoxy) is 2. The SMILES string of the molecule is CC1=[C-]C2(CCC1)OCCO2.[Li+]. The number of rotatable bonds is 0. The van der Waals surface area contributed by atoms with Crippen molar-refractivity contribution in [2.45, 2.75) is 32.0 Å². The first-order valence-electron chi connectivity index (χ1n) is 4.19. The van der Waals surface area contributed by atoms with Crippen molar-refractivity contribution in [2.24, 2.45) is 0 Å². The van der Waals surface area contributed by atoms with Crippen LogP contribution in [0.4, 0.5) is 0 Å². The Balaban J connectivity index is 0.000000720. The predicted molar refractivity (Wildman–Crippen MR) is 40.9 cm³/mol. The van der Waals surface area contributed by atoms with Gasteiger partial charge in [0.2, 0.25) is 0 Å². The van der Waals surface area contributed by atoms with E-state index in [2.05, 4.69) is 13.0 Å². The maximum atomic E-state index is 5.50. The second-order valence-electron chi connectivity index (χ2n) is 3.21. The second kappa shape index (κ2) is 3.98. The molecule has 1 saturated heterocycles. The molecule has 1 aliphatic carbocycles. The van der Waals surface area contributed by atoms with Gasteiger partial charge in [-0.05, 0) is 12.8 Å². The summed E-state index contributed by atoms with van der Waals surface area (Å²) in [7, 11) is 0. The summed E-state index contributed by atoms with van der Waals surface area (Å²) in [6, 6.07) is 0. The first-order chi connectivity index (χ1) is 5.31. The Hall–Kier alpha value is 0.257. The van der Waals surface area contributed by atoms with Crippen LogP contribution < -0.4 is 18.9 Å². The number of hydrogen-bond donors (Lipinski definition) is 0. The summed E-state index contributed by atoms with van der Waals surface area (Å²) in [5.41, 5.74) is 1.28. The van der Waals surface area contributed by atoms with Crippen LogP contribution in [-0.2, 0) is 9.47 Å². The molecule has 1 heterocycles. The smallest absolute Gasteiger partial charge is 0.436 e. The molecule has 0 aromatic heterocycles. The molecule has 0 radical (unpaired) electrons. The van der Waals surface area contributed by atoms with E-state index in [1.807, 2.05) is 0 Å². The zero-order valence-electron chi connectivity index (χ0n) is 7.85. The third-order valence-electron chi connectivity index (χ3n) is 2.22. The second-order valence-corrected chi connectivity index (χ2v) is 3.21. The average Bonchev–Trinajstić information content (AvgIpc) is 2.37. The molecule has 0 N–H and O–H groups in total. The zero-order chi connectivity index (χ0) is 7.73. The van der Waals surface area contributed by atoms with Gasteiger partial charge in [0.1, 0.15) is 0 Å². The van der Waals surface area contributed by atoms with Crippen LogP contribution in [0.25, 0.3) is 0 Å². The van der Waals surface area contributed by atoms with Crippen LogP contribution in [0.5, 0.6) is 0 Å². The average molecular weight is 160 g/mol. The van der Waals surface area contributed by atoms with E-state index in [1.165, 1.54) is 12.0 Å². The van der Waals surface area contributed by atoms with Crippen molar-refractivity contribution < 1.29 is 28.3 Å². The summed E-state index contributed by atoms with van der Waals surface area (Å²) in [6.45, 7) is 3.53. The van der Waals surface area contributed by atoms with Gasteiger partial charge in [-0.3, -0.25) is 5.57 Å². The largest absolute Gasteiger partial charge is 1.00 e. The Kier molecular flexibility index (Phi) is 3.43. The minimum absolute atomic E-state index is 0. The molecule has 2 rings (SSSR count). The monoisotopic (exact) mass is 160 g/mol. The molecule has 12 heavy (non-hydrogen) atoms. The van der Waals surface area contributed by atoms with Gasteiger partial charge >= 0.3 is 18.9 Å². The van der Waals surface area contributed by atoms with Crippen LogP contribution >= 0.6 is 0 Å². The summed E-state index contributed by atoms with van der Waals surface area (Å²) in [5, 5.41) is 0. The predicted octanol–water partition coefficient (Wildman–Crippen LogP) is -1.33. The summed E-state index contributed by atoms with van der Waals surface area (Å²) in [5.74, 6) is -0.442. The molecule has 0 unspecified atom stereocenters. The molecule has 0 bridgehead atoms. The van der Waals surface area contributed by atoms with Crippen LogP contribution in [0, 0.1) is 6.08 Å². The first kappa shape index (κ1) is 10.3. The summed E-state index contributed by atoms with van der Waals surface area (Å²) in [4.78, 5) is 0. The van der Waals surface area contributed by atoms with Crippen LogP contribution in [0.3, 0.4) is 0 Å². The van der Waals surface area contributed by atoms with E-state index >= 15 is 0 Å². The van der Waals surface area contributed by atoms with E-state index in [9.17, 15) is 0 Å². The van der Waals surface area contributed by atoms with Gasteiger partial charge in [-0.25, -0.2) is 0 Å². The van der Waals surface area contributed by atoms with Crippen molar-refractivity contribution in [2.75, 3.05) is 13.2 Å². The molecule has 0 atom stereocenters. The molecule has 1 aliphatic heterocycles. The van der Waals surface area contributed by atoms with Gasteiger partial charge in [-0.15, -0.1) is 0 Å². The Bertz CT molecular complexity index is 183. The van der Waals surface area contributed by atoms with E-state index in [0.717, 1.165) is 26.1 Å². The molecule has 0 aromatic carbocycles. The maximum absolute atomic E-state index is 5.50. The summed E-state index contributed by atoms with van der Waals surface area (Å²) < 4.78 is 11.0. The molecule has 1 spiro atoms. The Morgan fingerprint density at radius 2 is 2.00 bits per heavy atom. The first-order valence-corrected chi connectivity index (χ1v) is 4.19. The van der Waals surface area contributed by atoms with E-state index in [-0.39, 0.29) is 18.9 Å². The van der Waals surface area contributed by atoms with Crippen LogP contribution in [0.1, 0.15) is 26.2 Å². The normalized spacial score (nSPS) is 26.6. The molecule has 2 nitrogen and oxygen atoms in total. The van der Waals surface area contributed by atoms with Crippen molar-refractivity contribution in [1.29, 1.82) is 0 Å². The van der Waals surface area contributed by atoms with Crippen molar-refractivity contribution in [3.05, 3.63) is 11.6 Å². The van der Waals surface area contributed by atoms with Gasteiger partial charge in [0.15, 0.2) is 0 Å². The van der Waals surface area contributed by atoms with Gasteiger partial charge < -0.3 is 15.5 Å². The van der Waals surface area contributed by atoms with E-state index in [4.69, 9.17) is 9.47 Å². The molecular weight excluding hydrogens is 147 g/mol. The minimum atomic E-state index is -0.442. The van der Waals surface area contributed by atoms with Crippen molar-refractivity contribution >= 4 is 0 Å². The number of hydrogen-bond acceptors (Lipinski definition) is 2. The van der Waals surface area contributed by atoms with Gasteiger partial charge in [-0.1, -0.05) is 13.3 Å². The third-order valence-corrected chi connectivity index (χ3v) is 2.22. The minimum Gasteiger partial charge on any atom is -0.436 e. The van der Waals surface area contributed by atoms with Crippen LogP contribution in [0.15, 0.2) is 5.57 Å². The molecule has 0 aromatic rings. The Labute approximate surface area is 85.5 Å². The van der Waals surface area contributed by atoms with E-state index < -0.39 is 5.79 Å². The summed E-state index contributed by atoms with van der Waals surface area (Å²) >= 11 is 0. The molecule has 3 heteroatoms. The fourth-order valence-electron chi connectivity index (χ4n) is 1.71. The van der Waals surface area contributed by atoms with Crippen LogP contribution in [-0.4, -0.2) is 19.0 Å². The Morgan fingerprint density at radius 1 is 1.33 bits per heavy atom. The third kappa shape index (κ3) is 1.95. The van der Waals surface area contributed by atoms with Gasteiger partial charge in [0.25, 0.3) is 0 Å². The topological polar surface area (TPSA) is 18.5 Å². The maximum Gasteiger partial charge on any atom is 1.00 e. The van der Waals surface area contributed by atoms with Gasteiger partial charge in [-0.2, -0.15) is 0 Å². The van der Waals surface area contributed by atoms with Gasteiger partial charge in [0.05, 0.1) is 13.2 Å². The van der Waals surface area contributed by atoms with Gasteiger partial charge in [0, 0.05) is 5.79 Å². The van der Waals surface area contributed by atoms with Crippen LogP contribution in [0.2, 0.25) is 0 Å². The fraction of sp³-hybridized carbons (Fsp3) is 0.778. The van der Waals surface area contributed by atoms with Crippen molar-refractivity contribution in [1.82, 2.24) is 0 Å². The standard InChI is InChI=1S/C9H13O2.Li/c1-8-3-2-4-9(7-8)10-5-6-11-9;/h2-6H2,1H3;/q-1;+1. The van der Waals surface area contributed by atoms with E-state index in [0.29, 0.717) is 0 Å². The fourth-order valence-corrected chi connectivity index (χ4v) is 1.71. The molecule has 62 valence electrons. The zero-order valence-corrected chi connectivity index (χ0v) is 7.85. The molecule has 2 aliphatic rings. The molecule has 0 amide bonds. The Morgan fingerprint density at radius 3 is 2.58 bits per heavy atom. The van der Waals surface area contributed by atoms with Crippen molar-refractivity contribution in [3.63, 3.8) is 0 Å². The molecule has 1 fully saturated rings. The molecular formula is C9H13LiO2.